The zero-order valence-electron chi connectivity index (χ0n) is 17.6. The number of aryl methyl sites for hydroxylation is 1. The summed E-state index contributed by atoms with van der Waals surface area (Å²) >= 11 is 4.38. The molecule has 3 heterocycles. The third-order valence-corrected chi connectivity index (χ3v) is 6.64. The first-order valence-corrected chi connectivity index (χ1v) is 11.6. The second-order valence-corrected chi connectivity index (χ2v) is 8.98. The average molecular weight is 528 g/mol. The van der Waals surface area contributed by atoms with E-state index >= 15 is 0 Å². The number of carbonyl (C=O) groups is 3. The minimum Gasteiger partial charge on any atom is -0.507 e. The molecule has 33 heavy (non-hydrogen) atoms. The van der Waals surface area contributed by atoms with Gasteiger partial charge < -0.3 is 9.84 Å². The van der Waals surface area contributed by atoms with Gasteiger partial charge in [-0.05, 0) is 43.7 Å². The van der Waals surface area contributed by atoms with Gasteiger partial charge in [0.25, 0.3) is 5.78 Å². The molecule has 168 valence electrons. The van der Waals surface area contributed by atoms with Gasteiger partial charge in [-0.1, -0.05) is 39.4 Å². The molecule has 0 bridgehead atoms. The summed E-state index contributed by atoms with van der Waals surface area (Å²) in [6, 6.07) is 9.24. The van der Waals surface area contributed by atoms with Crippen LogP contribution in [0.15, 0.2) is 58.8 Å². The van der Waals surface area contributed by atoms with Crippen molar-refractivity contribution in [1.82, 2.24) is 9.97 Å². The fourth-order valence-electron chi connectivity index (χ4n) is 3.56. The second-order valence-electron chi connectivity index (χ2n) is 7.09. The third kappa shape index (κ3) is 4.19. The fraction of sp³-hybridized carbons (Fsp3) is 0.174. The van der Waals surface area contributed by atoms with E-state index in [-0.39, 0.29) is 27.9 Å². The molecule has 8 nitrogen and oxygen atoms in total. The highest BCUT2D eigenvalue weighted by Crippen LogP contribution is 2.44. The summed E-state index contributed by atoms with van der Waals surface area (Å²) in [5, 5.41) is 11.2. The Morgan fingerprint density at radius 2 is 1.97 bits per heavy atom. The number of ketones is 1. The van der Waals surface area contributed by atoms with Crippen LogP contribution >= 0.6 is 27.3 Å². The molecule has 1 aliphatic rings. The van der Waals surface area contributed by atoms with Crippen LogP contribution < -0.4 is 4.90 Å². The lowest BCUT2D eigenvalue weighted by atomic mass is 9.96. The van der Waals surface area contributed by atoms with Gasteiger partial charge in [0.2, 0.25) is 0 Å². The fourth-order valence-corrected chi connectivity index (χ4v) is 4.96. The maximum absolute atomic E-state index is 13.2. The highest BCUT2D eigenvalue weighted by Gasteiger charge is 2.48. The number of anilines is 1. The Morgan fingerprint density at radius 3 is 2.64 bits per heavy atom. The number of esters is 1. The largest absolute Gasteiger partial charge is 0.507 e. The van der Waals surface area contributed by atoms with Gasteiger partial charge in [-0.2, -0.15) is 0 Å². The molecule has 1 aliphatic heterocycles. The molecule has 0 saturated carbocycles. The van der Waals surface area contributed by atoms with Crippen molar-refractivity contribution in [2.75, 3.05) is 11.5 Å². The summed E-state index contributed by atoms with van der Waals surface area (Å²) in [5.41, 5.74) is 1.25. The minimum atomic E-state index is -0.948. The first-order valence-electron chi connectivity index (χ1n) is 9.94. The van der Waals surface area contributed by atoms with E-state index in [0.717, 1.165) is 15.8 Å². The van der Waals surface area contributed by atoms with Crippen LogP contribution in [0.25, 0.3) is 5.76 Å². The molecule has 4 rings (SSSR count). The number of rotatable bonds is 5. The molecule has 10 heteroatoms. The van der Waals surface area contributed by atoms with E-state index in [9.17, 15) is 19.5 Å². The van der Waals surface area contributed by atoms with Gasteiger partial charge in [0, 0.05) is 22.4 Å². The number of nitrogens with zero attached hydrogens (tertiary/aromatic N) is 3. The standard InChI is InChI=1S/C23H18BrN3O5S/c1-3-32-22(31)20-12(2)26-23(33-20)27-17(14-5-4-6-15(24)11-14)16(19(29)21(27)30)18(28)13-7-9-25-10-8-13/h4-11,17,28H,3H2,1-2H3. The number of halogens is 1. The summed E-state index contributed by atoms with van der Waals surface area (Å²) in [6.45, 7) is 3.52. The number of amides is 1. The molecule has 1 atom stereocenters. The Hall–Kier alpha value is -3.37. The SMILES string of the molecule is CCOC(=O)c1sc(N2C(=O)C(=O)C(=C(O)c3ccncc3)C2c2cccc(Br)c2)nc1C. The highest BCUT2D eigenvalue weighted by molar-refractivity contribution is 9.10. The van der Waals surface area contributed by atoms with Crippen molar-refractivity contribution in [3.05, 3.63) is 80.5 Å². The van der Waals surface area contributed by atoms with E-state index in [1.54, 1.807) is 44.2 Å². The van der Waals surface area contributed by atoms with Gasteiger partial charge in [-0.15, -0.1) is 0 Å². The Balaban J connectivity index is 1.92. The van der Waals surface area contributed by atoms with Crippen LogP contribution in [0.5, 0.6) is 0 Å². The normalized spacial score (nSPS) is 17.4. The zero-order valence-corrected chi connectivity index (χ0v) is 20.0. The van der Waals surface area contributed by atoms with Crippen LogP contribution in [-0.4, -0.2) is 39.3 Å². The van der Waals surface area contributed by atoms with Gasteiger partial charge in [-0.3, -0.25) is 19.5 Å². The number of aliphatic hydroxyl groups is 1. The Bertz CT molecular complexity index is 1290. The maximum atomic E-state index is 13.2. The van der Waals surface area contributed by atoms with Gasteiger partial charge in [0.1, 0.15) is 10.6 Å². The second kappa shape index (κ2) is 9.24. The molecule has 2 aromatic heterocycles. The van der Waals surface area contributed by atoms with Gasteiger partial charge in [-0.25, -0.2) is 9.78 Å². The third-order valence-electron chi connectivity index (χ3n) is 5.01. The Morgan fingerprint density at radius 1 is 1.24 bits per heavy atom. The van der Waals surface area contributed by atoms with Crippen LogP contribution in [0.4, 0.5) is 5.13 Å². The molecule has 0 spiro atoms. The lowest BCUT2D eigenvalue weighted by Crippen LogP contribution is -2.29. The van der Waals surface area contributed by atoms with Crippen LogP contribution in [-0.2, 0) is 14.3 Å². The molecule has 1 N–H and O–H groups in total. The summed E-state index contributed by atoms with van der Waals surface area (Å²) < 4.78 is 5.81. The van der Waals surface area contributed by atoms with Gasteiger partial charge in [0.15, 0.2) is 5.13 Å². The lowest BCUT2D eigenvalue weighted by Gasteiger charge is -2.23. The molecule has 0 radical (unpaired) electrons. The Kier molecular flexibility index (Phi) is 6.39. The van der Waals surface area contributed by atoms with E-state index in [2.05, 4.69) is 25.9 Å². The van der Waals surface area contributed by atoms with Gasteiger partial charge >= 0.3 is 11.9 Å². The number of Topliss-reactive ketones (excluding diaryl/α,β-unsaturated/α-hetero) is 1. The van der Waals surface area contributed by atoms with Crippen molar-refractivity contribution in [2.24, 2.45) is 0 Å². The zero-order chi connectivity index (χ0) is 23.7. The van der Waals surface area contributed by atoms with Crippen molar-refractivity contribution >= 4 is 55.8 Å². The molecule has 0 aliphatic carbocycles. The molecule has 3 aromatic rings. The summed E-state index contributed by atoms with van der Waals surface area (Å²) in [6.07, 6.45) is 2.96. The van der Waals surface area contributed by atoms with Gasteiger partial charge in [0.05, 0.1) is 23.9 Å². The van der Waals surface area contributed by atoms with Crippen molar-refractivity contribution < 1.29 is 24.2 Å². The van der Waals surface area contributed by atoms with E-state index in [4.69, 9.17) is 4.74 Å². The highest BCUT2D eigenvalue weighted by atomic mass is 79.9. The number of aromatic nitrogens is 2. The number of hydrogen-bond acceptors (Lipinski definition) is 8. The van der Waals surface area contributed by atoms with E-state index < -0.39 is 23.7 Å². The van der Waals surface area contributed by atoms with Crippen LogP contribution in [0.1, 0.15) is 39.5 Å². The molecule has 1 saturated heterocycles. The number of thiazole rings is 1. The predicted octanol–water partition coefficient (Wildman–Crippen LogP) is 4.41. The first-order chi connectivity index (χ1) is 15.8. The van der Waals surface area contributed by atoms with E-state index in [1.165, 1.54) is 17.3 Å². The molecule has 1 unspecified atom stereocenters. The van der Waals surface area contributed by atoms with Crippen LogP contribution in [0, 0.1) is 6.92 Å². The molecule has 1 aromatic carbocycles. The summed E-state index contributed by atoms with van der Waals surface area (Å²) in [5.74, 6) is -2.56. The lowest BCUT2D eigenvalue weighted by molar-refractivity contribution is -0.132. The monoisotopic (exact) mass is 527 g/mol. The molecular weight excluding hydrogens is 510 g/mol. The number of carbonyl (C=O) groups excluding carboxylic acids is 3. The average Bonchev–Trinajstić information content (AvgIpc) is 3.31. The molecular formula is C23H18BrN3O5S. The van der Waals surface area contributed by atoms with E-state index in [0.29, 0.717) is 16.8 Å². The minimum absolute atomic E-state index is 0.0742. The maximum Gasteiger partial charge on any atom is 0.350 e. The number of ether oxygens (including phenoxy) is 1. The summed E-state index contributed by atoms with van der Waals surface area (Å²) in [4.78, 5) is 48.4. The molecule has 1 fully saturated rings. The number of benzene rings is 1. The van der Waals surface area contributed by atoms with Crippen molar-refractivity contribution in [2.45, 2.75) is 19.9 Å². The Labute approximate surface area is 201 Å². The van der Waals surface area contributed by atoms with Crippen molar-refractivity contribution in [3.63, 3.8) is 0 Å². The number of hydrogen-bond donors (Lipinski definition) is 1. The number of pyridine rings is 1. The quantitative estimate of drug-likeness (QED) is 0.226. The van der Waals surface area contributed by atoms with Crippen LogP contribution in [0.2, 0.25) is 0 Å². The molecule has 1 amide bonds. The smallest absolute Gasteiger partial charge is 0.350 e. The topological polar surface area (TPSA) is 110 Å². The first kappa shape index (κ1) is 22.8. The number of aliphatic hydroxyl groups excluding tert-OH is 1. The van der Waals surface area contributed by atoms with Crippen molar-refractivity contribution in [3.8, 4) is 0 Å². The van der Waals surface area contributed by atoms with Crippen molar-refractivity contribution in [1.29, 1.82) is 0 Å². The van der Waals surface area contributed by atoms with Crippen LogP contribution in [0.3, 0.4) is 0 Å². The van der Waals surface area contributed by atoms with E-state index in [1.807, 2.05) is 6.07 Å². The predicted molar refractivity (Wildman–Crippen MR) is 126 cm³/mol. The summed E-state index contributed by atoms with van der Waals surface area (Å²) in [7, 11) is 0.